The van der Waals surface area contributed by atoms with Crippen LogP contribution in [-0.4, -0.2) is 36.6 Å². The van der Waals surface area contributed by atoms with Crippen LogP contribution < -0.4 is 0 Å². The lowest BCUT2D eigenvalue weighted by molar-refractivity contribution is 0.116. The predicted octanol–water partition coefficient (Wildman–Crippen LogP) is 0.938. The molecule has 3 heteroatoms. The molecule has 0 bridgehead atoms. The van der Waals surface area contributed by atoms with Gasteiger partial charge >= 0.3 is 0 Å². The van der Waals surface area contributed by atoms with E-state index in [9.17, 15) is 0 Å². The fourth-order valence-corrected chi connectivity index (χ4v) is 1.04. The van der Waals surface area contributed by atoms with Crippen LogP contribution in [0.2, 0.25) is 0 Å². The molecule has 2 N–H and O–H groups in total. The lowest BCUT2D eigenvalue weighted by Gasteiger charge is -2.07. The van der Waals surface area contributed by atoms with Gasteiger partial charge in [-0.1, -0.05) is 19.3 Å². The summed E-state index contributed by atoms with van der Waals surface area (Å²) in [7, 11) is 0. The Balaban J connectivity index is 0.000000261. The Bertz CT molecular complexity index is 50.2. The summed E-state index contributed by atoms with van der Waals surface area (Å²) in [5.74, 6) is 0. The molecule has 0 saturated carbocycles. The van der Waals surface area contributed by atoms with Crippen molar-refractivity contribution >= 4 is 0 Å². The molecule has 0 aliphatic carbocycles. The third-order valence-electron chi connectivity index (χ3n) is 1.68. The molecule has 3 nitrogen and oxygen atoms in total. The van der Waals surface area contributed by atoms with E-state index in [1.165, 1.54) is 32.1 Å². The van der Waals surface area contributed by atoms with Crippen molar-refractivity contribution in [2.75, 3.05) is 26.4 Å². The van der Waals surface area contributed by atoms with Crippen molar-refractivity contribution in [2.45, 2.75) is 32.1 Å². The zero-order valence-corrected chi connectivity index (χ0v) is 7.67. The first-order chi connectivity index (χ1) is 5.91. The van der Waals surface area contributed by atoms with Crippen LogP contribution in [-0.2, 0) is 4.74 Å². The van der Waals surface area contributed by atoms with E-state index >= 15 is 0 Å². The SMILES string of the molecule is C1CCCOCCC1.OCCO. The normalized spacial score (nSPS) is 18.5. The molecule has 1 fully saturated rings. The first kappa shape index (κ1) is 11.9. The summed E-state index contributed by atoms with van der Waals surface area (Å²) in [5.41, 5.74) is 0. The van der Waals surface area contributed by atoms with Crippen LogP contribution in [0.1, 0.15) is 32.1 Å². The summed E-state index contributed by atoms with van der Waals surface area (Å²) in [6, 6.07) is 0. The summed E-state index contributed by atoms with van der Waals surface area (Å²) in [5, 5.41) is 15.2. The molecule has 0 unspecified atom stereocenters. The zero-order valence-electron chi connectivity index (χ0n) is 7.67. The average Bonchev–Trinajstić information content (AvgIpc) is 2.04. The highest BCUT2D eigenvalue weighted by Gasteiger charge is 1.95. The molecule has 74 valence electrons. The van der Waals surface area contributed by atoms with Gasteiger partial charge in [0.05, 0.1) is 13.2 Å². The van der Waals surface area contributed by atoms with E-state index in [2.05, 4.69) is 0 Å². The molecule has 0 aromatic carbocycles. The number of aliphatic hydroxyl groups is 2. The van der Waals surface area contributed by atoms with E-state index in [1.807, 2.05) is 0 Å². The third kappa shape index (κ3) is 9.88. The third-order valence-corrected chi connectivity index (χ3v) is 1.68. The molecule has 1 aliphatic rings. The molecule has 0 radical (unpaired) electrons. The number of rotatable bonds is 1. The van der Waals surface area contributed by atoms with E-state index in [-0.39, 0.29) is 13.2 Å². The largest absolute Gasteiger partial charge is 0.394 e. The molecule has 1 heterocycles. The molecule has 1 aliphatic heterocycles. The first-order valence-corrected chi connectivity index (χ1v) is 4.71. The minimum atomic E-state index is -0.125. The monoisotopic (exact) mass is 176 g/mol. The van der Waals surface area contributed by atoms with Gasteiger partial charge in [-0.2, -0.15) is 0 Å². The Kier molecular flexibility index (Phi) is 10.8. The number of ether oxygens (including phenoxy) is 1. The molecule has 0 spiro atoms. The van der Waals surface area contributed by atoms with Gasteiger partial charge in [0.1, 0.15) is 0 Å². The second-order valence-electron chi connectivity index (χ2n) is 2.83. The quantitative estimate of drug-likeness (QED) is 0.625. The smallest absolute Gasteiger partial charge is 0.0662 e. The molecule has 1 saturated heterocycles. The van der Waals surface area contributed by atoms with Gasteiger partial charge in [-0.25, -0.2) is 0 Å². The summed E-state index contributed by atoms with van der Waals surface area (Å²) in [6.07, 6.45) is 6.73. The summed E-state index contributed by atoms with van der Waals surface area (Å²) < 4.78 is 5.27. The van der Waals surface area contributed by atoms with Crippen molar-refractivity contribution in [3.8, 4) is 0 Å². The fraction of sp³-hybridized carbons (Fsp3) is 1.00. The van der Waals surface area contributed by atoms with E-state index in [4.69, 9.17) is 14.9 Å². The first-order valence-electron chi connectivity index (χ1n) is 4.71. The Morgan fingerprint density at radius 2 is 1.17 bits per heavy atom. The molecule has 0 atom stereocenters. The van der Waals surface area contributed by atoms with Crippen LogP contribution in [0, 0.1) is 0 Å². The van der Waals surface area contributed by atoms with Crippen LogP contribution in [0.4, 0.5) is 0 Å². The minimum absolute atomic E-state index is 0.125. The van der Waals surface area contributed by atoms with Gasteiger partial charge in [0.25, 0.3) is 0 Å². The topological polar surface area (TPSA) is 49.7 Å². The molecule has 0 aromatic rings. The van der Waals surface area contributed by atoms with Gasteiger partial charge in [0.2, 0.25) is 0 Å². The summed E-state index contributed by atoms with van der Waals surface area (Å²) in [6.45, 7) is 1.75. The molecular weight excluding hydrogens is 156 g/mol. The van der Waals surface area contributed by atoms with Crippen LogP contribution in [0.25, 0.3) is 0 Å². The molecular formula is C9H20O3. The average molecular weight is 176 g/mol. The highest BCUT2D eigenvalue weighted by atomic mass is 16.5. The van der Waals surface area contributed by atoms with Crippen molar-refractivity contribution in [1.29, 1.82) is 0 Å². The Morgan fingerprint density at radius 1 is 0.750 bits per heavy atom. The van der Waals surface area contributed by atoms with E-state index < -0.39 is 0 Å². The van der Waals surface area contributed by atoms with Crippen molar-refractivity contribution in [3.63, 3.8) is 0 Å². The van der Waals surface area contributed by atoms with Gasteiger partial charge in [-0.15, -0.1) is 0 Å². The van der Waals surface area contributed by atoms with Gasteiger partial charge in [-0.3, -0.25) is 0 Å². The lowest BCUT2D eigenvalue weighted by Crippen LogP contribution is -2.00. The van der Waals surface area contributed by atoms with Crippen molar-refractivity contribution in [1.82, 2.24) is 0 Å². The number of hydrogen-bond donors (Lipinski definition) is 2. The van der Waals surface area contributed by atoms with Gasteiger partial charge in [0.15, 0.2) is 0 Å². The molecule has 12 heavy (non-hydrogen) atoms. The highest BCUT2D eigenvalue weighted by Crippen LogP contribution is 2.06. The van der Waals surface area contributed by atoms with Gasteiger partial charge in [-0.05, 0) is 12.8 Å². The second kappa shape index (κ2) is 10.9. The zero-order chi connectivity index (χ0) is 9.07. The van der Waals surface area contributed by atoms with Crippen molar-refractivity contribution < 1.29 is 14.9 Å². The minimum Gasteiger partial charge on any atom is -0.394 e. The fourth-order valence-electron chi connectivity index (χ4n) is 1.04. The standard InChI is InChI=1S/C7H14O.C2H6O2/c1-2-4-6-8-7-5-3-1;3-1-2-4/h1-7H2;3-4H,1-2H2. The van der Waals surface area contributed by atoms with Crippen LogP contribution >= 0.6 is 0 Å². The summed E-state index contributed by atoms with van der Waals surface area (Å²) >= 11 is 0. The predicted molar refractivity (Wildman–Crippen MR) is 48.1 cm³/mol. The molecule has 0 amide bonds. The summed E-state index contributed by atoms with van der Waals surface area (Å²) in [4.78, 5) is 0. The van der Waals surface area contributed by atoms with Crippen LogP contribution in [0.15, 0.2) is 0 Å². The lowest BCUT2D eigenvalue weighted by atomic mass is 10.1. The van der Waals surface area contributed by atoms with Crippen molar-refractivity contribution in [3.05, 3.63) is 0 Å². The van der Waals surface area contributed by atoms with Gasteiger partial charge in [0, 0.05) is 13.2 Å². The highest BCUT2D eigenvalue weighted by molar-refractivity contribution is 4.47. The van der Waals surface area contributed by atoms with Crippen LogP contribution in [0.3, 0.4) is 0 Å². The second-order valence-corrected chi connectivity index (χ2v) is 2.83. The van der Waals surface area contributed by atoms with Gasteiger partial charge < -0.3 is 14.9 Å². The Labute approximate surface area is 74.4 Å². The van der Waals surface area contributed by atoms with E-state index in [0.717, 1.165) is 13.2 Å². The Hall–Kier alpha value is -0.120. The van der Waals surface area contributed by atoms with E-state index in [0.29, 0.717) is 0 Å². The maximum absolute atomic E-state index is 7.62. The van der Waals surface area contributed by atoms with Crippen molar-refractivity contribution in [2.24, 2.45) is 0 Å². The maximum atomic E-state index is 7.62. The molecule has 0 aromatic heterocycles. The van der Waals surface area contributed by atoms with Crippen LogP contribution in [0.5, 0.6) is 0 Å². The van der Waals surface area contributed by atoms with E-state index in [1.54, 1.807) is 0 Å². The Morgan fingerprint density at radius 3 is 1.58 bits per heavy atom. The molecule has 1 rings (SSSR count). The number of aliphatic hydroxyl groups excluding tert-OH is 2. The number of hydrogen-bond acceptors (Lipinski definition) is 3. The maximum Gasteiger partial charge on any atom is 0.0662 e.